The van der Waals surface area contributed by atoms with Crippen molar-refractivity contribution in [3.63, 3.8) is 0 Å². The summed E-state index contributed by atoms with van der Waals surface area (Å²) in [4.78, 5) is 0.0306. The lowest BCUT2D eigenvalue weighted by Gasteiger charge is -2.38. The summed E-state index contributed by atoms with van der Waals surface area (Å²) in [5.41, 5.74) is -6.37. The zero-order valence-electron chi connectivity index (χ0n) is 16.2. The van der Waals surface area contributed by atoms with Crippen LogP contribution in [0.1, 0.15) is 43.2 Å². The van der Waals surface area contributed by atoms with E-state index in [1.165, 1.54) is 12.1 Å². The van der Waals surface area contributed by atoms with Gasteiger partial charge < -0.3 is 5.11 Å². The molecule has 2 aromatic rings. The van der Waals surface area contributed by atoms with Crippen molar-refractivity contribution in [2.75, 3.05) is 0 Å². The molecule has 0 aromatic heterocycles. The molecule has 0 unspecified atom stereocenters. The number of benzene rings is 2. The molecular weight excluding hydrogens is 446 g/mol. The second kappa shape index (κ2) is 7.81. The lowest BCUT2D eigenvalue weighted by Crippen LogP contribution is -2.53. The van der Waals surface area contributed by atoms with Crippen molar-refractivity contribution in [1.29, 1.82) is 0 Å². The van der Waals surface area contributed by atoms with Gasteiger partial charge in [0.05, 0.1) is 4.90 Å². The van der Waals surface area contributed by atoms with Gasteiger partial charge in [0.1, 0.15) is 4.75 Å². The van der Waals surface area contributed by atoms with Gasteiger partial charge in [-0.05, 0) is 30.5 Å². The summed E-state index contributed by atoms with van der Waals surface area (Å²) in [6, 6.07) is 10.4. The number of halogens is 6. The predicted molar refractivity (Wildman–Crippen MR) is 101 cm³/mol. The number of rotatable bonds is 4. The SMILES string of the molecule is O=S(=O)(c1ccccc1)C1(c2ccc(C(O)(C(F)(F)F)C(F)(F)F)cc2)CCCCC1. The van der Waals surface area contributed by atoms with Crippen LogP contribution in [0.15, 0.2) is 59.5 Å². The molecule has 1 fully saturated rings. The van der Waals surface area contributed by atoms with Crippen LogP contribution in [-0.2, 0) is 20.2 Å². The molecule has 3 rings (SSSR count). The zero-order valence-corrected chi connectivity index (χ0v) is 17.0. The monoisotopic (exact) mass is 466 g/mol. The number of hydrogen-bond acceptors (Lipinski definition) is 3. The molecular formula is C21H20F6O3S. The number of hydrogen-bond donors (Lipinski definition) is 1. The van der Waals surface area contributed by atoms with Gasteiger partial charge in [-0.2, -0.15) is 26.3 Å². The van der Waals surface area contributed by atoms with Crippen molar-refractivity contribution >= 4 is 9.84 Å². The van der Waals surface area contributed by atoms with E-state index in [4.69, 9.17) is 0 Å². The number of alkyl halides is 6. The summed E-state index contributed by atoms with van der Waals surface area (Å²) in [7, 11) is -3.99. The Morgan fingerprint density at radius 3 is 1.68 bits per heavy atom. The zero-order chi connectivity index (χ0) is 23.1. The molecule has 0 spiro atoms. The molecule has 10 heteroatoms. The summed E-state index contributed by atoms with van der Waals surface area (Å²) < 4.78 is 104. The Hall–Kier alpha value is -2.07. The third-order valence-corrected chi connectivity index (χ3v) is 8.44. The average molecular weight is 466 g/mol. The minimum absolute atomic E-state index is 0.0306. The largest absolute Gasteiger partial charge is 0.430 e. The Morgan fingerprint density at radius 1 is 0.742 bits per heavy atom. The smallest absolute Gasteiger partial charge is 0.369 e. The van der Waals surface area contributed by atoms with Crippen LogP contribution in [0, 0.1) is 0 Å². The third-order valence-electron chi connectivity index (χ3n) is 5.88. The van der Waals surface area contributed by atoms with Gasteiger partial charge in [0, 0.05) is 5.56 Å². The maximum absolute atomic E-state index is 13.5. The van der Waals surface area contributed by atoms with Gasteiger partial charge >= 0.3 is 12.4 Å². The van der Waals surface area contributed by atoms with Crippen molar-refractivity contribution < 1.29 is 39.9 Å². The van der Waals surface area contributed by atoms with Crippen LogP contribution in [0.4, 0.5) is 26.3 Å². The van der Waals surface area contributed by atoms with Gasteiger partial charge in [0.15, 0.2) is 9.84 Å². The summed E-state index contributed by atoms with van der Waals surface area (Å²) >= 11 is 0. The third kappa shape index (κ3) is 3.73. The lowest BCUT2D eigenvalue weighted by molar-refractivity contribution is -0.376. The quantitative estimate of drug-likeness (QED) is 0.594. The summed E-state index contributed by atoms with van der Waals surface area (Å²) in [5.74, 6) is 0. The Kier molecular flexibility index (Phi) is 5.94. The van der Waals surface area contributed by atoms with E-state index in [1.807, 2.05) is 0 Å². The number of aliphatic hydroxyl groups is 1. The van der Waals surface area contributed by atoms with E-state index >= 15 is 0 Å². The second-order valence-electron chi connectivity index (χ2n) is 7.65. The molecule has 0 atom stereocenters. The van der Waals surface area contributed by atoms with Crippen LogP contribution in [0.2, 0.25) is 0 Å². The van der Waals surface area contributed by atoms with E-state index in [9.17, 15) is 39.9 Å². The summed E-state index contributed by atoms with van der Waals surface area (Å²) in [6.07, 6.45) is -9.78. The number of sulfone groups is 1. The maximum atomic E-state index is 13.5. The Labute approximate surface area is 175 Å². The van der Waals surface area contributed by atoms with E-state index in [0.717, 1.165) is 18.6 Å². The van der Waals surface area contributed by atoms with E-state index in [2.05, 4.69) is 0 Å². The van der Waals surface area contributed by atoms with Crippen LogP contribution in [0.3, 0.4) is 0 Å². The van der Waals surface area contributed by atoms with Gasteiger partial charge in [-0.15, -0.1) is 0 Å². The molecule has 2 aromatic carbocycles. The maximum Gasteiger partial charge on any atom is 0.430 e. The molecule has 0 bridgehead atoms. The fourth-order valence-corrected chi connectivity index (χ4v) is 6.40. The minimum atomic E-state index is -6.01. The highest BCUT2D eigenvalue weighted by atomic mass is 32.2. The van der Waals surface area contributed by atoms with Crippen LogP contribution in [0.25, 0.3) is 0 Å². The molecule has 3 nitrogen and oxygen atoms in total. The molecule has 1 aliphatic carbocycles. The highest BCUT2D eigenvalue weighted by Crippen LogP contribution is 2.51. The fraction of sp³-hybridized carbons (Fsp3) is 0.429. The van der Waals surface area contributed by atoms with E-state index in [-0.39, 0.29) is 23.3 Å². The molecule has 0 saturated heterocycles. The standard InChI is InChI=1S/C21H20F6O3S/c22-20(23,24)19(28,21(25,26)27)16-11-9-15(10-12-16)18(13-5-2-6-14-18)31(29,30)17-7-3-1-4-8-17/h1,3-4,7-12,28H,2,5-6,13-14H2. The predicted octanol–water partition coefficient (Wildman–Crippen LogP) is 5.63. The molecule has 1 N–H and O–H groups in total. The van der Waals surface area contributed by atoms with Gasteiger partial charge in [-0.25, -0.2) is 8.42 Å². The topological polar surface area (TPSA) is 54.4 Å². The normalized spacial score (nSPS) is 18.0. The Bertz CT molecular complexity index is 992. The highest BCUT2D eigenvalue weighted by Gasteiger charge is 2.71. The first kappa shape index (κ1) is 23.6. The van der Waals surface area contributed by atoms with Crippen molar-refractivity contribution in [2.24, 2.45) is 0 Å². The Balaban J connectivity index is 2.14. The van der Waals surface area contributed by atoms with Crippen molar-refractivity contribution in [1.82, 2.24) is 0 Å². The fourth-order valence-electron chi connectivity index (χ4n) is 4.16. The Morgan fingerprint density at radius 2 is 1.23 bits per heavy atom. The van der Waals surface area contributed by atoms with Crippen LogP contribution >= 0.6 is 0 Å². The van der Waals surface area contributed by atoms with Crippen LogP contribution < -0.4 is 0 Å². The summed E-state index contributed by atoms with van der Waals surface area (Å²) in [5, 5.41) is 9.59. The molecule has 1 saturated carbocycles. The van der Waals surface area contributed by atoms with Gasteiger partial charge in [-0.3, -0.25) is 0 Å². The first-order chi connectivity index (χ1) is 14.3. The van der Waals surface area contributed by atoms with Gasteiger partial charge in [0.2, 0.25) is 0 Å². The van der Waals surface area contributed by atoms with Gasteiger partial charge in [0.25, 0.3) is 5.60 Å². The average Bonchev–Trinajstić information content (AvgIpc) is 2.72. The lowest BCUT2D eigenvalue weighted by atomic mass is 9.81. The molecule has 0 heterocycles. The van der Waals surface area contributed by atoms with E-state index in [1.54, 1.807) is 18.2 Å². The van der Waals surface area contributed by atoms with E-state index < -0.39 is 38.1 Å². The van der Waals surface area contributed by atoms with E-state index in [0.29, 0.717) is 25.0 Å². The first-order valence-electron chi connectivity index (χ1n) is 9.54. The minimum Gasteiger partial charge on any atom is -0.369 e. The molecule has 170 valence electrons. The summed E-state index contributed by atoms with van der Waals surface area (Å²) in [6.45, 7) is 0. The molecule has 31 heavy (non-hydrogen) atoms. The van der Waals surface area contributed by atoms with Crippen molar-refractivity contribution in [3.05, 3.63) is 65.7 Å². The molecule has 0 aliphatic heterocycles. The molecule has 1 aliphatic rings. The highest BCUT2D eigenvalue weighted by molar-refractivity contribution is 7.92. The second-order valence-corrected chi connectivity index (χ2v) is 9.91. The molecule has 0 amide bonds. The van der Waals surface area contributed by atoms with Crippen molar-refractivity contribution in [2.45, 2.75) is 59.7 Å². The van der Waals surface area contributed by atoms with Crippen LogP contribution in [-0.4, -0.2) is 25.9 Å². The first-order valence-corrected chi connectivity index (χ1v) is 11.0. The van der Waals surface area contributed by atoms with Crippen molar-refractivity contribution in [3.8, 4) is 0 Å². The van der Waals surface area contributed by atoms with Crippen LogP contribution in [0.5, 0.6) is 0 Å². The molecule has 0 radical (unpaired) electrons. The van der Waals surface area contributed by atoms with Gasteiger partial charge in [-0.1, -0.05) is 61.7 Å².